The highest BCUT2D eigenvalue weighted by Crippen LogP contribution is 2.25. The summed E-state index contributed by atoms with van der Waals surface area (Å²) < 4.78 is 5.43. The highest BCUT2D eigenvalue weighted by molar-refractivity contribution is 7.80. The van der Waals surface area contributed by atoms with Crippen LogP contribution in [0.4, 0.5) is 5.69 Å². The largest absolute Gasteiger partial charge is 0.467 e. The molecule has 3 aromatic rings. The number of nitrogens with zero attached hydrogens (tertiary/aromatic N) is 2. The Morgan fingerprint density at radius 1 is 1.33 bits per heavy atom. The molecule has 1 atom stereocenters. The van der Waals surface area contributed by atoms with Crippen LogP contribution in [-0.4, -0.2) is 44.3 Å². The van der Waals surface area contributed by atoms with Crippen molar-refractivity contribution < 1.29 is 14.0 Å². The molecule has 0 spiro atoms. The zero-order chi connectivity index (χ0) is 21.1. The Morgan fingerprint density at radius 2 is 2.20 bits per heavy atom. The third-order valence-electron chi connectivity index (χ3n) is 5.08. The van der Waals surface area contributed by atoms with E-state index < -0.39 is 6.04 Å². The van der Waals surface area contributed by atoms with Crippen molar-refractivity contribution in [2.45, 2.75) is 25.4 Å². The summed E-state index contributed by atoms with van der Waals surface area (Å²) in [7, 11) is 0. The molecule has 3 heterocycles. The van der Waals surface area contributed by atoms with Crippen LogP contribution in [0, 0.1) is 0 Å². The van der Waals surface area contributed by atoms with Gasteiger partial charge < -0.3 is 19.6 Å². The minimum absolute atomic E-state index is 0.00691. The van der Waals surface area contributed by atoms with Crippen LogP contribution >= 0.6 is 12.2 Å². The van der Waals surface area contributed by atoms with E-state index in [-0.39, 0.29) is 18.2 Å². The van der Waals surface area contributed by atoms with Gasteiger partial charge in [0.25, 0.3) is 5.91 Å². The monoisotopic (exact) mass is 422 g/mol. The number of aromatic nitrogens is 1. The number of benzene rings is 1. The summed E-state index contributed by atoms with van der Waals surface area (Å²) in [5.41, 5.74) is 1.60. The van der Waals surface area contributed by atoms with Gasteiger partial charge in [-0.1, -0.05) is 12.1 Å². The second-order valence-electron chi connectivity index (χ2n) is 7.10. The summed E-state index contributed by atoms with van der Waals surface area (Å²) in [5, 5.41) is 4.35. The lowest BCUT2D eigenvalue weighted by Crippen LogP contribution is -2.37. The quantitative estimate of drug-likeness (QED) is 0.428. The number of aromatic amines is 1. The number of fused-ring (bicyclic) bond motifs is 1. The predicted octanol–water partition coefficient (Wildman–Crippen LogP) is 3.66. The molecule has 154 valence electrons. The first kappa shape index (κ1) is 19.9. The molecule has 30 heavy (non-hydrogen) atoms. The van der Waals surface area contributed by atoms with Crippen molar-refractivity contribution in [2.75, 3.05) is 11.9 Å². The van der Waals surface area contributed by atoms with Crippen LogP contribution in [-0.2, 0) is 16.1 Å². The van der Waals surface area contributed by atoms with Gasteiger partial charge in [-0.2, -0.15) is 0 Å². The van der Waals surface area contributed by atoms with E-state index in [0.717, 1.165) is 10.9 Å². The van der Waals surface area contributed by atoms with Crippen molar-refractivity contribution in [1.29, 1.82) is 0 Å². The molecule has 2 N–H and O–H groups in total. The lowest BCUT2D eigenvalue weighted by molar-refractivity contribution is -0.130. The number of carbonyl (C=O) groups is 2. The molecule has 2 aromatic heterocycles. The second-order valence-corrected chi connectivity index (χ2v) is 7.47. The topological polar surface area (TPSA) is 81.6 Å². The van der Waals surface area contributed by atoms with E-state index in [1.54, 1.807) is 28.2 Å². The maximum Gasteiger partial charge on any atom is 0.252 e. The molecule has 4 rings (SSSR count). The molecular formula is C22H22N4O3S. The number of H-pyrrole nitrogens is 1. The number of thiocarbonyl (C=S) groups is 1. The highest BCUT2D eigenvalue weighted by Gasteiger charge is 2.43. The summed E-state index contributed by atoms with van der Waals surface area (Å²) in [6.07, 6.45) is 5.77. The average molecular weight is 423 g/mol. The predicted molar refractivity (Wildman–Crippen MR) is 119 cm³/mol. The normalized spacial score (nSPS) is 16.5. The smallest absolute Gasteiger partial charge is 0.252 e. The Bertz CT molecular complexity index is 1090. The highest BCUT2D eigenvalue weighted by atomic mass is 32.1. The molecule has 1 fully saturated rings. The first-order chi connectivity index (χ1) is 14.6. The summed E-state index contributed by atoms with van der Waals surface area (Å²) in [5.74, 6) is 0.249. The van der Waals surface area contributed by atoms with Crippen molar-refractivity contribution in [3.8, 4) is 0 Å². The third-order valence-corrected chi connectivity index (χ3v) is 5.54. The molecule has 1 saturated heterocycles. The standard InChI is InChI=1S/C22H22N4O3S/c1-2-3-10-25-21(28)19(26(22(25)30)14-17-5-4-11-29-17)13-20(27)24-16-7-6-15-8-9-23-18(15)12-16/h2,4-9,11-12,19,23H,1,3,10,13-14H2,(H,24,27). The van der Waals surface area contributed by atoms with Crippen LogP contribution in [0.15, 0.2) is 65.9 Å². The number of furan rings is 1. The lowest BCUT2D eigenvalue weighted by atomic mass is 10.1. The Balaban J connectivity index is 1.50. The van der Waals surface area contributed by atoms with E-state index in [1.807, 2.05) is 36.5 Å². The molecule has 0 bridgehead atoms. The molecule has 1 aliphatic heterocycles. The van der Waals surface area contributed by atoms with Crippen LogP contribution < -0.4 is 5.32 Å². The number of hydrogen-bond acceptors (Lipinski definition) is 4. The van der Waals surface area contributed by atoms with Crippen molar-refractivity contribution in [1.82, 2.24) is 14.8 Å². The fourth-order valence-electron chi connectivity index (χ4n) is 3.58. The minimum Gasteiger partial charge on any atom is -0.467 e. The fraction of sp³-hybridized carbons (Fsp3) is 0.227. The zero-order valence-electron chi connectivity index (χ0n) is 16.3. The van der Waals surface area contributed by atoms with Crippen LogP contribution in [0.3, 0.4) is 0 Å². The summed E-state index contributed by atoms with van der Waals surface area (Å²) in [6.45, 7) is 4.48. The maximum atomic E-state index is 13.0. The van der Waals surface area contributed by atoms with Gasteiger partial charge in [-0.25, -0.2) is 0 Å². The van der Waals surface area contributed by atoms with Crippen molar-refractivity contribution in [2.24, 2.45) is 0 Å². The molecule has 7 nitrogen and oxygen atoms in total. The van der Waals surface area contributed by atoms with Crippen LogP contribution in [0.25, 0.3) is 10.9 Å². The Morgan fingerprint density at radius 3 is 2.97 bits per heavy atom. The van der Waals surface area contributed by atoms with E-state index in [1.165, 1.54) is 0 Å². The summed E-state index contributed by atoms with van der Waals surface area (Å²) in [4.78, 5) is 32.2. The number of amides is 2. The molecule has 0 radical (unpaired) electrons. The fourth-order valence-corrected chi connectivity index (χ4v) is 3.95. The van der Waals surface area contributed by atoms with Gasteiger partial charge in [0, 0.05) is 23.9 Å². The SMILES string of the molecule is C=CCCN1C(=O)C(CC(=O)Nc2ccc3cc[nH]c3c2)N(Cc2ccco2)C1=S. The zero-order valence-corrected chi connectivity index (χ0v) is 17.2. The van der Waals surface area contributed by atoms with Gasteiger partial charge >= 0.3 is 0 Å². The second kappa shape index (κ2) is 8.54. The molecule has 2 amide bonds. The van der Waals surface area contributed by atoms with Gasteiger partial charge in [0.05, 0.1) is 19.2 Å². The molecule has 1 aliphatic rings. The summed E-state index contributed by atoms with van der Waals surface area (Å²) >= 11 is 5.55. The molecule has 0 saturated carbocycles. The molecule has 1 unspecified atom stereocenters. The van der Waals surface area contributed by atoms with Crippen LogP contribution in [0.5, 0.6) is 0 Å². The minimum atomic E-state index is -0.679. The molecule has 8 heteroatoms. The molecule has 1 aromatic carbocycles. The summed E-state index contributed by atoms with van der Waals surface area (Å²) in [6, 6.07) is 10.5. The van der Waals surface area contributed by atoms with Crippen LogP contribution in [0.2, 0.25) is 0 Å². The van der Waals surface area contributed by atoms with Gasteiger partial charge in [-0.3, -0.25) is 14.5 Å². The number of hydrogen-bond donors (Lipinski definition) is 2. The van der Waals surface area contributed by atoms with E-state index in [2.05, 4.69) is 16.9 Å². The Hall–Kier alpha value is -3.39. The van der Waals surface area contributed by atoms with Crippen LogP contribution in [0.1, 0.15) is 18.6 Å². The van der Waals surface area contributed by atoms with E-state index in [4.69, 9.17) is 16.6 Å². The lowest BCUT2D eigenvalue weighted by Gasteiger charge is -2.22. The molecule has 0 aliphatic carbocycles. The van der Waals surface area contributed by atoms with Gasteiger partial charge in [-0.15, -0.1) is 6.58 Å². The number of rotatable bonds is 8. The average Bonchev–Trinajstić information content (AvgIpc) is 3.45. The van der Waals surface area contributed by atoms with Crippen molar-refractivity contribution in [3.05, 3.63) is 67.3 Å². The van der Waals surface area contributed by atoms with Crippen molar-refractivity contribution in [3.63, 3.8) is 0 Å². The Kier molecular flexibility index (Phi) is 5.67. The van der Waals surface area contributed by atoms with E-state index in [0.29, 0.717) is 36.1 Å². The maximum absolute atomic E-state index is 13.0. The molecular weight excluding hydrogens is 400 g/mol. The number of carbonyl (C=O) groups excluding carboxylic acids is 2. The first-order valence-electron chi connectivity index (χ1n) is 9.69. The number of nitrogens with one attached hydrogen (secondary N) is 2. The van der Waals surface area contributed by atoms with Crippen molar-refractivity contribution >= 4 is 45.7 Å². The number of anilines is 1. The van der Waals surface area contributed by atoms with Gasteiger partial charge in [0.2, 0.25) is 5.91 Å². The van der Waals surface area contributed by atoms with Gasteiger partial charge in [0.15, 0.2) is 5.11 Å². The van der Waals surface area contributed by atoms with Gasteiger partial charge in [0.1, 0.15) is 11.8 Å². The Labute approximate surface area is 179 Å². The third kappa shape index (κ3) is 3.99. The van der Waals surface area contributed by atoms with E-state index in [9.17, 15) is 9.59 Å². The first-order valence-corrected chi connectivity index (χ1v) is 10.1. The van der Waals surface area contributed by atoms with Gasteiger partial charge in [-0.05, 0) is 54.4 Å². The van der Waals surface area contributed by atoms with E-state index >= 15 is 0 Å².